The van der Waals surface area contributed by atoms with Crippen molar-refractivity contribution >= 4 is 11.6 Å². The number of nitrogens with zero attached hydrogens (tertiary/aromatic N) is 3. The second-order valence-electron chi connectivity index (χ2n) is 7.65. The molecule has 1 aromatic heterocycles. The molecule has 0 aliphatic carbocycles. The normalized spacial score (nSPS) is 15.8. The Labute approximate surface area is 182 Å². The van der Waals surface area contributed by atoms with E-state index in [-0.39, 0.29) is 23.5 Å². The maximum absolute atomic E-state index is 14.5. The van der Waals surface area contributed by atoms with Gasteiger partial charge in [-0.25, -0.2) is 17.9 Å². The van der Waals surface area contributed by atoms with E-state index in [9.17, 15) is 22.8 Å². The van der Waals surface area contributed by atoms with Crippen LogP contribution in [0.2, 0.25) is 0 Å². The zero-order chi connectivity index (χ0) is 22.8. The van der Waals surface area contributed by atoms with Crippen LogP contribution in [0.1, 0.15) is 28.2 Å². The minimum absolute atomic E-state index is 0.0851. The Bertz CT molecular complexity index is 1190. The molecule has 6 nitrogen and oxygen atoms in total. The van der Waals surface area contributed by atoms with Crippen molar-refractivity contribution in [2.75, 3.05) is 18.0 Å². The molecule has 166 valence electrons. The third-order valence-corrected chi connectivity index (χ3v) is 5.37. The Hall–Kier alpha value is -3.62. The number of nitrogens with one attached hydrogen (secondary N) is 1. The Morgan fingerprint density at radius 2 is 1.81 bits per heavy atom. The Morgan fingerprint density at radius 3 is 2.44 bits per heavy atom. The maximum atomic E-state index is 14.5. The first-order valence-corrected chi connectivity index (χ1v) is 10.1. The van der Waals surface area contributed by atoms with Gasteiger partial charge in [-0.15, -0.1) is 0 Å². The molecule has 1 N–H and O–H groups in total. The number of para-hydroxylation sites is 1. The van der Waals surface area contributed by atoms with E-state index in [1.807, 2.05) is 6.07 Å². The van der Waals surface area contributed by atoms with E-state index in [2.05, 4.69) is 10.4 Å². The number of alkyl halides is 1. The standard InChI is InChI=1S/C23H21F3N4O2/c1-14-9-21(31)22(28-30(14)16-5-3-2-4-6-16)23(32)27-12-18-19(25)10-17(11-20(18)26)29-8-7-15(24)13-29/h2-6,9-11,15H,7-8,12-13H2,1H3,(H,27,32)/t15-/m0/s1. The lowest BCUT2D eigenvalue weighted by Gasteiger charge is -2.19. The zero-order valence-electron chi connectivity index (χ0n) is 17.3. The van der Waals surface area contributed by atoms with Crippen LogP contribution in [0, 0.1) is 18.6 Å². The van der Waals surface area contributed by atoms with Crippen molar-refractivity contribution in [1.82, 2.24) is 15.1 Å². The molecular formula is C23H21F3N4O2. The molecule has 0 spiro atoms. The summed E-state index contributed by atoms with van der Waals surface area (Å²) in [5, 5.41) is 6.50. The van der Waals surface area contributed by atoms with Crippen LogP contribution in [0.4, 0.5) is 18.9 Å². The molecule has 2 aromatic carbocycles. The van der Waals surface area contributed by atoms with E-state index in [0.717, 1.165) is 12.1 Å². The van der Waals surface area contributed by atoms with Gasteiger partial charge in [-0.2, -0.15) is 5.10 Å². The Morgan fingerprint density at radius 1 is 1.12 bits per heavy atom. The zero-order valence-corrected chi connectivity index (χ0v) is 17.3. The largest absolute Gasteiger partial charge is 0.368 e. The lowest BCUT2D eigenvalue weighted by Crippen LogP contribution is -2.32. The number of carbonyl (C=O) groups excluding carboxylic acids is 1. The number of hydrogen-bond donors (Lipinski definition) is 1. The van der Waals surface area contributed by atoms with E-state index in [0.29, 0.717) is 24.3 Å². The molecule has 2 heterocycles. The summed E-state index contributed by atoms with van der Waals surface area (Å²) in [4.78, 5) is 26.5. The summed E-state index contributed by atoms with van der Waals surface area (Å²) in [6.07, 6.45) is -0.715. The monoisotopic (exact) mass is 442 g/mol. The Balaban J connectivity index is 1.54. The van der Waals surface area contributed by atoms with Crippen LogP contribution in [-0.4, -0.2) is 34.9 Å². The summed E-state index contributed by atoms with van der Waals surface area (Å²) < 4.78 is 43.9. The summed E-state index contributed by atoms with van der Waals surface area (Å²) in [7, 11) is 0. The average molecular weight is 442 g/mol. The van der Waals surface area contributed by atoms with Crippen LogP contribution in [0.25, 0.3) is 5.69 Å². The van der Waals surface area contributed by atoms with Gasteiger partial charge >= 0.3 is 0 Å². The summed E-state index contributed by atoms with van der Waals surface area (Å²) in [5.41, 5.74) is 0.100. The molecule has 1 aliphatic rings. The highest BCUT2D eigenvalue weighted by Crippen LogP contribution is 2.26. The van der Waals surface area contributed by atoms with Crippen molar-refractivity contribution in [3.8, 4) is 5.69 Å². The molecule has 1 amide bonds. The average Bonchev–Trinajstić information content (AvgIpc) is 3.20. The first kappa shape index (κ1) is 21.6. The molecule has 4 rings (SSSR count). The molecule has 1 fully saturated rings. The van der Waals surface area contributed by atoms with E-state index >= 15 is 0 Å². The highest BCUT2D eigenvalue weighted by molar-refractivity contribution is 5.92. The van der Waals surface area contributed by atoms with E-state index in [4.69, 9.17) is 0 Å². The summed E-state index contributed by atoms with van der Waals surface area (Å²) >= 11 is 0. The van der Waals surface area contributed by atoms with Gasteiger partial charge < -0.3 is 10.2 Å². The molecule has 1 aliphatic heterocycles. The maximum Gasteiger partial charge on any atom is 0.276 e. The number of benzene rings is 2. The lowest BCUT2D eigenvalue weighted by atomic mass is 10.1. The predicted molar refractivity (Wildman–Crippen MR) is 114 cm³/mol. The first-order valence-electron chi connectivity index (χ1n) is 10.1. The van der Waals surface area contributed by atoms with Crippen molar-refractivity contribution in [2.24, 2.45) is 0 Å². The summed E-state index contributed by atoms with van der Waals surface area (Å²) in [6, 6.07) is 12.5. The van der Waals surface area contributed by atoms with Gasteiger partial charge in [-0.05, 0) is 37.6 Å². The minimum atomic E-state index is -1.03. The second kappa shape index (κ2) is 8.86. The summed E-state index contributed by atoms with van der Waals surface area (Å²) in [6.45, 7) is 1.67. The van der Waals surface area contributed by atoms with Crippen LogP contribution in [0.5, 0.6) is 0 Å². The Kier molecular flexibility index (Phi) is 5.98. The highest BCUT2D eigenvalue weighted by Gasteiger charge is 2.24. The molecule has 0 bridgehead atoms. The van der Waals surface area contributed by atoms with Gasteiger partial charge in [-0.1, -0.05) is 18.2 Å². The third kappa shape index (κ3) is 4.37. The predicted octanol–water partition coefficient (Wildman–Crippen LogP) is 3.30. The third-order valence-electron chi connectivity index (χ3n) is 5.37. The number of halogens is 3. The van der Waals surface area contributed by atoms with Crippen LogP contribution in [-0.2, 0) is 6.54 Å². The molecule has 32 heavy (non-hydrogen) atoms. The molecule has 1 atom stereocenters. The topological polar surface area (TPSA) is 67.2 Å². The quantitative estimate of drug-likeness (QED) is 0.659. The van der Waals surface area contributed by atoms with Crippen molar-refractivity contribution in [3.63, 3.8) is 0 Å². The van der Waals surface area contributed by atoms with Gasteiger partial charge in [-0.3, -0.25) is 9.59 Å². The van der Waals surface area contributed by atoms with E-state index in [1.165, 1.54) is 10.7 Å². The lowest BCUT2D eigenvalue weighted by molar-refractivity contribution is 0.0942. The van der Waals surface area contributed by atoms with Crippen LogP contribution < -0.4 is 15.6 Å². The SMILES string of the molecule is Cc1cc(=O)c(C(=O)NCc2c(F)cc(N3CC[C@H](F)C3)cc2F)nn1-c1ccccc1. The number of aromatic nitrogens is 2. The second-order valence-corrected chi connectivity index (χ2v) is 7.65. The fraction of sp³-hybridized carbons (Fsp3) is 0.261. The van der Waals surface area contributed by atoms with Crippen LogP contribution in [0.3, 0.4) is 0 Å². The van der Waals surface area contributed by atoms with Gasteiger partial charge in [0.25, 0.3) is 5.91 Å². The molecular weight excluding hydrogens is 421 g/mol. The van der Waals surface area contributed by atoms with Crippen molar-refractivity contribution in [2.45, 2.75) is 26.1 Å². The van der Waals surface area contributed by atoms with Crippen LogP contribution in [0.15, 0.2) is 53.3 Å². The van der Waals surface area contributed by atoms with E-state index < -0.39 is 35.7 Å². The van der Waals surface area contributed by atoms with Gasteiger partial charge in [0.1, 0.15) is 17.8 Å². The van der Waals surface area contributed by atoms with Crippen LogP contribution >= 0.6 is 0 Å². The minimum Gasteiger partial charge on any atom is -0.368 e. The highest BCUT2D eigenvalue weighted by atomic mass is 19.1. The van der Waals surface area contributed by atoms with Gasteiger partial charge in [0.2, 0.25) is 5.43 Å². The molecule has 3 aromatic rings. The molecule has 0 radical (unpaired) electrons. The molecule has 0 saturated carbocycles. The fourth-order valence-electron chi connectivity index (χ4n) is 3.68. The molecule has 1 saturated heterocycles. The number of rotatable bonds is 5. The van der Waals surface area contributed by atoms with Crippen molar-refractivity contribution < 1.29 is 18.0 Å². The fourth-order valence-corrected chi connectivity index (χ4v) is 3.68. The smallest absolute Gasteiger partial charge is 0.276 e. The molecule has 0 unspecified atom stereocenters. The summed E-state index contributed by atoms with van der Waals surface area (Å²) in [5.74, 6) is -2.57. The number of hydrogen-bond acceptors (Lipinski definition) is 4. The van der Waals surface area contributed by atoms with Gasteiger partial charge in [0.05, 0.1) is 5.69 Å². The number of aryl methyl sites for hydroxylation is 1. The van der Waals surface area contributed by atoms with Gasteiger partial charge in [0.15, 0.2) is 5.69 Å². The number of anilines is 1. The first-order chi connectivity index (χ1) is 15.3. The van der Waals surface area contributed by atoms with Crippen molar-refractivity contribution in [1.29, 1.82) is 0 Å². The number of amides is 1. The van der Waals surface area contributed by atoms with Gasteiger partial charge in [0, 0.05) is 42.6 Å². The van der Waals surface area contributed by atoms with Crippen molar-refractivity contribution in [3.05, 3.63) is 87.3 Å². The number of carbonyl (C=O) groups is 1. The van der Waals surface area contributed by atoms with E-state index in [1.54, 1.807) is 36.1 Å². The molecule has 9 heteroatoms.